The van der Waals surface area contributed by atoms with Crippen LogP contribution in [0.25, 0.3) is 4.96 Å². The van der Waals surface area contributed by atoms with Gasteiger partial charge in [-0.2, -0.15) is 0 Å². The summed E-state index contributed by atoms with van der Waals surface area (Å²) in [7, 11) is 0. The molecule has 0 bridgehead atoms. The van der Waals surface area contributed by atoms with Crippen LogP contribution in [0.4, 0.5) is 0 Å². The van der Waals surface area contributed by atoms with Gasteiger partial charge in [0.2, 0.25) is 0 Å². The Bertz CT molecular complexity index is 699. The number of aromatic nitrogens is 2. The molecule has 1 aromatic carbocycles. The smallest absolute Gasteiger partial charge is 0.194 e. The minimum atomic E-state index is 0.0306. The standard InChI is InChI=1S/C15H16N2OS/c1-2-11-5-3-4-6-12(11)7-14-9-17-13(10-18)8-16-15(17)19-14/h3-6,8-9,18H,2,7,10H2,1H3. The maximum atomic E-state index is 9.25. The van der Waals surface area contributed by atoms with Crippen molar-refractivity contribution in [3.8, 4) is 0 Å². The van der Waals surface area contributed by atoms with Crippen molar-refractivity contribution in [2.24, 2.45) is 0 Å². The monoisotopic (exact) mass is 272 g/mol. The molecular formula is C15H16N2OS. The summed E-state index contributed by atoms with van der Waals surface area (Å²) in [5.41, 5.74) is 3.62. The van der Waals surface area contributed by atoms with Gasteiger partial charge in [0.05, 0.1) is 18.5 Å². The van der Waals surface area contributed by atoms with Crippen molar-refractivity contribution in [3.05, 3.63) is 58.4 Å². The molecule has 0 radical (unpaired) electrons. The van der Waals surface area contributed by atoms with E-state index < -0.39 is 0 Å². The van der Waals surface area contributed by atoms with Crippen LogP contribution in [0, 0.1) is 0 Å². The minimum absolute atomic E-state index is 0.0306. The molecule has 0 saturated heterocycles. The lowest BCUT2D eigenvalue weighted by molar-refractivity contribution is 0.276. The van der Waals surface area contributed by atoms with Crippen molar-refractivity contribution in [1.82, 2.24) is 9.38 Å². The Kier molecular flexibility index (Phi) is 3.36. The number of aryl methyl sites for hydroxylation is 1. The lowest BCUT2D eigenvalue weighted by Crippen LogP contribution is -1.93. The van der Waals surface area contributed by atoms with E-state index >= 15 is 0 Å². The van der Waals surface area contributed by atoms with Crippen molar-refractivity contribution in [1.29, 1.82) is 0 Å². The van der Waals surface area contributed by atoms with Crippen LogP contribution in [0.5, 0.6) is 0 Å². The molecule has 0 atom stereocenters. The molecule has 3 aromatic rings. The van der Waals surface area contributed by atoms with Crippen molar-refractivity contribution in [2.45, 2.75) is 26.4 Å². The van der Waals surface area contributed by atoms with E-state index in [1.807, 2.05) is 4.40 Å². The van der Waals surface area contributed by atoms with Gasteiger partial charge in [0.1, 0.15) is 0 Å². The van der Waals surface area contributed by atoms with Crippen LogP contribution in [0.15, 0.2) is 36.7 Å². The summed E-state index contributed by atoms with van der Waals surface area (Å²) in [6, 6.07) is 8.56. The number of aliphatic hydroxyl groups excluding tert-OH is 1. The molecule has 2 aromatic heterocycles. The predicted octanol–water partition coefficient (Wildman–Crippen LogP) is 3.04. The topological polar surface area (TPSA) is 37.5 Å². The highest BCUT2D eigenvalue weighted by molar-refractivity contribution is 7.17. The molecule has 0 aliphatic heterocycles. The van der Waals surface area contributed by atoms with E-state index in [9.17, 15) is 5.11 Å². The van der Waals surface area contributed by atoms with Crippen LogP contribution in [-0.4, -0.2) is 14.5 Å². The Balaban J connectivity index is 1.94. The van der Waals surface area contributed by atoms with E-state index in [2.05, 4.69) is 42.4 Å². The van der Waals surface area contributed by atoms with Gasteiger partial charge in [0.25, 0.3) is 0 Å². The molecule has 0 unspecified atom stereocenters. The van der Waals surface area contributed by atoms with Gasteiger partial charge in [-0.25, -0.2) is 4.98 Å². The van der Waals surface area contributed by atoms with Crippen molar-refractivity contribution in [3.63, 3.8) is 0 Å². The molecule has 1 N–H and O–H groups in total. The number of aliphatic hydroxyl groups is 1. The average molecular weight is 272 g/mol. The Morgan fingerprint density at radius 1 is 1.26 bits per heavy atom. The second-order valence-corrected chi connectivity index (χ2v) is 5.65. The third-order valence-corrected chi connectivity index (χ3v) is 4.36. The number of nitrogens with zero attached hydrogens (tertiary/aromatic N) is 2. The summed E-state index contributed by atoms with van der Waals surface area (Å²) in [5, 5.41) is 9.25. The van der Waals surface area contributed by atoms with Gasteiger partial charge in [-0.3, -0.25) is 4.40 Å². The number of thiazole rings is 1. The summed E-state index contributed by atoms with van der Waals surface area (Å²) in [5.74, 6) is 0. The molecule has 0 fully saturated rings. The van der Waals surface area contributed by atoms with Gasteiger partial charge in [-0.1, -0.05) is 31.2 Å². The van der Waals surface area contributed by atoms with E-state index in [-0.39, 0.29) is 6.61 Å². The summed E-state index contributed by atoms with van der Waals surface area (Å²) < 4.78 is 1.98. The second-order valence-electron chi connectivity index (χ2n) is 4.56. The second kappa shape index (κ2) is 5.15. The molecule has 0 spiro atoms. The first-order valence-corrected chi connectivity index (χ1v) is 7.25. The SMILES string of the molecule is CCc1ccccc1Cc1cn2c(CO)cnc2s1. The van der Waals surface area contributed by atoms with Gasteiger partial charge < -0.3 is 5.11 Å². The highest BCUT2D eigenvalue weighted by atomic mass is 32.1. The van der Waals surface area contributed by atoms with Gasteiger partial charge >= 0.3 is 0 Å². The van der Waals surface area contributed by atoms with Crippen molar-refractivity contribution >= 4 is 16.3 Å². The molecule has 0 aliphatic rings. The Labute approximate surface area is 116 Å². The molecular weight excluding hydrogens is 256 g/mol. The molecule has 2 heterocycles. The van der Waals surface area contributed by atoms with E-state index in [1.54, 1.807) is 17.5 Å². The molecule has 98 valence electrons. The highest BCUT2D eigenvalue weighted by Gasteiger charge is 2.09. The minimum Gasteiger partial charge on any atom is -0.390 e. The number of hydrogen-bond donors (Lipinski definition) is 1. The number of hydrogen-bond acceptors (Lipinski definition) is 3. The van der Waals surface area contributed by atoms with Crippen LogP contribution in [-0.2, 0) is 19.4 Å². The average Bonchev–Trinajstić information content (AvgIpc) is 2.99. The van der Waals surface area contributed by atoms with Crippen LogP contribution < -0.4 is 0 Å². The van der Waals surface area contributed by atoms with Gasteiger partial charge in [-0.05, 0) is 17.5 Å². The summed E-state index contributed by atoms with van der Waals surface area (Å²) in [6.07, 6.45) is 5.81. The van der Waals surface area contributed by atoms with Crippen LogP contribution in [0.2, 0.25) is 0 Å². The zero-order valence-corrected chi connectivity index (χ0v) is 11.7. The predicted molar refractivity (Wildman–Crippen MR) is 77.6 cm³/mol. The Morgan fingerprint density at radius 3 is 2.79 bits per heavy atom. The first-order chi connectivity index (χ1) is 9.31. The lowest BCUT2D eigenvalue weighted by atomic mass is 10.0. The zero-order chi connectivity index (χ0) is 13.2. The molecule has 3 rings (SSSR count). The fourth-order valence-corrected chi connectivity index (χ4v) is 3.33. The molecule has 19 heavy (non-hydrogen) atoms. The number of benzene rings is 1. The Morgan fingerprint density at radius 2 is 2.05 bits per heavy atom. The summed E-state index contributed by atoms with van der Waals surface area (Å²) >= 11 is 1.69. The zero-order valence-electron chi connectivity index (χ0n) is 10.8. The largest absolute Gasteiger partial charge is 0.390 e. The molecule has 0 amide bonds. The van der Waals surface area contributed by atoms with Crippen molar-refractivity contribution in [2.75, 3.05) is 0 Å². The Hall–Kier alpha value is -1.65. The number of fused-ring (bicyclic) bond motifs is 1. The highest BCUT2D eigenvalue weighted by Crippen LogP contribution is 2.23. The van der Waals surface area contributed by atoms with E-state index in [0.717, 1.165) is 23.5 Å². The van der Waals surface area contributed by atoms with Crippen LogP contribution in [0.1, 0.15) is 28.6 Å². The van der Waals surface area contributed by atoms with Crippen LogP contribution in [0.3, 0.4) is 0 Å². The van der Waals surface area contributed by atoms with E-state index in [0.29, 0.717) is 0 Å². The lowest BCUT2D eigenvalue weighted by Gasteiger charge is -2.05. The van der Waals surface area contributed by atoms with Crippen molar-refractivity contribution < 1.29 is 5.11 Å². The van der Waals surface area contributed by atoms with Gasteiger partial charge in [-0.15, -0.1) is 11.3 Å². The number of imidazole rings is 1. The maximum absolute atomic E-state index is 9.25. The molecule has 0 saturated carbocycles. The third-order valence-electron chi connectivity index (χ3n) is 3.36. The fraction of sp³-hybridized carbons (Fsp3) is 0.267. The first kappa shape index (κ1) is 12.4. The number of rotatable bonds is 4. The summed E-state index contributed by atoms with van der Waals surface area (Å²) in [6.45, 7) is 2.22. The van der Waals surface area contributed by atoms with E-state index in [4.69, 9.17) is 0 Å². The fourth-order valence-electron chi connectivity index (χ4n) is 2.34. The normalized spacial score (nSPS) is 11.3. The third kappa shape index (κ3) is 2.29. The summed E-state index contributed by atoms with van der Waals surface area (Å²) in [4.78, 5) is 6.54. The van der Waals surface area contributed by atoms with Gasteiger partial charge in [0.15, 0.2) is 4.96 Å². The molecule has 4 heteroatoms. The quantitative estimate of drug-likeness (QED) is 0.792. The molecule has 0 aliphatic carbocycles. The maximum Gasteiger partial charge on any atom is 0.194 e. The van der Waals surface area contributed by atoms with Gasteiger partial charge in [0, 0.05) is 17.5 Å². The first-order valence-electron chi connectivity index (χ1n) is 6.44. The van der Waals surface area contributed by atoms with Crippen LogP contribution >= 0.6 is 11.3 Å². The molecule has 3 nitrogen and oxygen atoms in total. The van der Waals surface area contributed by atoms with E-state index in [1.165, 1.54) is 16.0 Å².